The Morgan fingerprint density at radius 2 is 2.38 bits per heavy atom. The van der Waals surface area contributed by atoms with Gasteiger partial charge in [-0.25, -0.2) is 0 Å². The van der Waals surface area contributed by atoms with Gasteiger partial charge in [-0.15, -0.1) is 0 Å². The first kappa shape index (κ1) is 8.47. The Balaban J connectivity index is 2.13. The first-order valence-corrected chi connectivity index (χ1v) is 4.31. The minimum Gasteiger partial charge on any atom is -0.398 e. The topological polar surface area (TPSA) is 71.2 Å². The Morgan fingerprint density at radius 1 is 1.62 bits per heavy atom. The molecule has 70 valence electrons. The van der Waals surface area contributed by atoms with Crippen LogP contribution >= 0.6 is 0 Å². The van der Waals surface area contributed by atoms with Gasteiger partial charge in [0.25, 0.3) is 0 Å². The van der Waals surface area contributed by atoms with Crippen LogP contribution in [0.4, 0.5) is 5.69 Å². The van der Waals surface area contributed by atoms with Crippen LogP contribution in [0.1, 0.15) is 5.56 Å². The maximum Gasteiger partial charge on any atom is 0.0936 e. The van der Waals surface area contributed by atoms with Gasteiger partial charge in [-0.05, 0) is 11.6 Å². The summed E-state index contributed by atoms with van der Waals surface area (Å²) in [7, 11) is 0. The fourth-order valence-electron chi connectivity index (χ4n) is 1.48. The number of rotatable bonds is 2. The summed E-state index contributed by atoms with van der Waals surface area (Å²) in [5, 5.41) is 12.9. The Kier molecular flexibility index (Phi) is 1.94. The number of nitrogens with one attached hydrogen (secondary N) is 1. The summed E-state index contributed by atoms with van der Waals surface area (Å²) in [5.41, 5.74) is 6.75. The molecule has 1 aromatic heterocycles. The number of nitrogen functional groups attached to an aromatic ring is 1. The predicted molar refractivity (Wildman–Crippen MR) is 50.2 cm³/mol. The van der Waals surface area contributed by atoms with E-state index in [-0.39, 0.29) is 0 Å². The Hall–Kier alpha value is -1.13. The van der Waals surface area contributed by atoms with Crippen molar-refractivity contribution in [2.24, 2.45) is 0 Å². The van der Waals surface area contributed by atoms with Crippen molar-refractivity contribution in [2.45, 2.75) is 12.0 Å². The van der Waals surface area contributed by atoms with E-state index in [1.165, 1.54) is 0 Å². The number of β-amino-alcohol motifs (C(OH)–C–C–N with tert-alkyl or cyclic N) is 1. The smallest absolute Gasteiger partial charge is 0.0936 e. The number of anilines is 1. The lowest BCUT2D eigenvalue weighted by Crippen LogP contribution is -2.60. The fraction of sp³-hybridized carbons (Fsp3) is 0.444. The van der Waals surface area contributed by atoms with Crippen molar-refractivity contribution in [3.05, 3.63) is 24.0 Å². The zero-order chi connectivity index (χ0) is 9.31. The Labute approximate surface area is 76.8 Å². The molecule has 2 heterocycles. The molecule has 4 N–H and O–H groups in total. The molecule has 1 aliphatic heterocycles. The van der Waals surface area contributed by atoms with Crippen LogP contribution in [0.15, 0.2) is 18.5 Å². The molecule has 2 rings (SSSR count). The summed E-state index contributed by atoms with van der Waals surface area (Å²) < 4.78 is 0. The molecule has 0 saturated carbocycles. The number of nitrogens with zero attached hydrogens (tertiary/aromatic N) is 1. The van der Waals surface area contributed by atoms with E-state index in [1.54, 1.807) is 18.5 Å². The van der Waals surface area contributed by atoms with Crippen LogP contribution in [0.3, 0.4) is 0 Å². The SMILES string of the molecule is Nc1ccncc1CC1(O)CNC1. The van der Waals surface area contributed by atoms with Gasteiger partial charge in [0.05, 0.1) is 5.60 Å². The lowest BCUT2D eigenvalue weighted by Gasteiger charge is -2.37. The summed E-state index contributed by atoms with van der Waals surface area (Å²) in [5.74, 6) is 0. The molecule has 4 heteroatoms. The highest BCUT2D eigenvalue weighted by molar-refractivity contribution is 5.45. The second kappa shape index (κ2) is 2.97. The number of hydrogen-bond donors (Lipinski definition) is 3. The molecule has 0 unspecified atom stereocenters. The summed E-state index contributed by atoms with van der Waals surface area (Å²) in [4.78, 5) is 3.98. The molecule has 1 aliphatic rings. The fourth-order valence-corrected chi connectivity index (χ4v) is 1.48. The van der Waals surface area contributed by atoms with Crippen LogP contribution in [-0.4, -0.2) is 28.8 Å². The first-order chi connectivity index (χ1) is 6.20. The van der Waals surface area contributed by atoms with Crippen LogP contribution in [0.5, 0.6) is 0 Å². The second-order valence-electron chi connectivity index (χ2n) is 3.58. The van der Waals surface area contributed by atoms with Crippen molar-refractivity contribution in [2.75, 3.05) is 18.8 Å². The third-order valence-electron chi connectivity index (χ3n) is 2.37. The van der Waals surface area contributed by atoms with Gasteiger partial charge in [0, 0.05) is 37.6 Å². The van der Waals surface area contributed by atoms with Crippen molar-refractivity contribution in [3.8, 4) is 0 Å². The van der Waals surface area contributed by atoms with Gasteiger partial charge in [0.2, 0.25) is 0 Å². The largest absolute Gasteiger partial charge is 0.398 e. The summed E-state index contributed by atoms with van der Waals surface area (Å²) in [6.45, 7) is 1.28. The van der Waals surface area contributed by atoms with E-state index in [2.05, 4.69) is 10.3 Å². The van der Waals surface area contributed by atoms with E-state index in [9.17, 15) is 5.11 Å². The molecule has 0 spiro atoms. The van der Waals surface area contributed by atoms with E-state index >= 15 is 0 Å². The molecule has 1 aromatic rings. The highest BCUT2D eigenvalue weighted by atomic mass is 16.3. The zero-order valence-corrected chi connectivity index (χ0v) is 7.33. The average Bonchev–Trinajstić information content (AvgIpc) is 2.06. The highest BCUT2D eigenvalue weighted by Gasteiger charge is 2.34. The van der Waals surface area contributed by atoms with Crippen LogP contribution in [-0.2, 0) is 6.42 Å². The lowest BCUT2D eigenvalue weighted by molar-refractivity contribution is -0.00895. The van der Waals surface area contributed by atoms with Crippen LogP contribution in [0, 0.1) is 0 Å². The Bertz CT molecular complexity index is 309. The van der Waals surface area contributed by atoms with E-state index in [4.69, 9.17) is 5.73 Å². The molecule has 4 nitrogen and oxygen atoms in total. The predicted octanol–water partition coefficient (Wildman–Crippen LogP) is -0.459. The maximum atomic E-state index is 9.84. The molecular weight excluding hydrogens is 166 g/mol. The Morgan fingerprint density at radius 3 is 2.92 bits per heavy atom. The van der Waals surface area contributed by atoms with Gasteiger partial charge < -0.3 is 16.2 Å². The van der Waals surface area contributed by atoms with Gasteiger partial charge >= 0.3 is 0 Å². The number of hydrogen-bond acceptors (Lipinski definition) is 4. The molecule has 0 aromatic carbocycles. The molecule has 1 fully saturated rings. The van der Waals surface area contributed by atoms with Crippen molar-refractivity contribution < 1.29 is 5.11 Å². The maximum absolute atomic E-state index is 9.84. The van der Waals surface area contributed by atoms with E-state index in [0.717, 1.165) is 5.56 Å². The third kappa shape index (κ3) is 1.64. The van der Waals surface area contributed by atoms with Crippen LogP contribution < -0.4 is 11.1 Å². The monoisotopic (exact) mass is 179 g/mol. The van der Waals surface area contributed by atoms with E-state index < -0.39 is 5.60 Å². The number of pyridine rings is 1. The van der Waals surface area contributed by atoms with Crippen LogP contribution in [0.25, 0.3) is 0 Å². The van der Waals surface area contributed by atoms with Gasteiger partial charge in [-0.3, -0.25) is 4.98 Å². The zero-order valence-electron chi connectivity index (χ0n) is 7.33. The van der Waals surface area contributed by atoms with E-state index in [1.807, 2.05) is 0 Å². The molecule has 0 aliphatic carbocycles. The lowest BCUT2D eigenvalue weighted by atomic mass is 9.89. The van der Waals surface area contributed by atoms with Gasteiger partial charge in [0.15, 0.2) is 0 Å². The quantitative estimate of drug-likeness (QED) is 0.574. The summed E-state index contributed by atoms with van der Waals surface area (Å²) in [6.07, 6.45) is 3.95. The molecule has 13 heavy (non-hydrogen) atoms. The average molecular weight is 179 g/mol. The van der Waals surface area contributed by atoms with Crippen LogP contribution in [0.2, 0.25) is 0 Å². The van der Waals surface area contributed by atoms with Crippen molar-refractivity contribution in [1.29, 1.82) is 0 Å². The number of aliphatic hydroxyl groups is 1. The molecule has 1 saturated heterocycles. The van der Waals surface area contributed by atoms with Crippen molar-refractivity contribution >= 4 is 5.69 Å². The molecule has 0 amide bonds. The molecule has 0 radical (unpaired) electrons. The third-order valence-corrected chi connectivity index (χ3v) is 2.37. The standard InChI is InChI=1S/C9H13N3O/c10-8-1-2-11-4-7(8)3-9(13)5-12-6-9/h1-2,4,12-13H,3,5-6H2,(H2,10,11). The van der Waals surface area contributed by atoms with Gasteiger partial charge in [-0.2, -0.15) is 0 Å². The highest BCUT2D eigenvalue weighted by Crippen LogP contribution is 2.20. The first-order valence-electron chi connectivity index (χ1n) is 4.31. The van der Waals surface area contributed by atoms with Crippen molar-refractivity contribution in [3.63, 3.8) is 0 Å². The van der Waals surface area contributed by atoms with Gasteiger partial charge in [0.1, 0.15) is 0 Å². The second-order valence-corrected chi connectivity index (χ2v) is 3.58. The molecule has 0 atom stereocenters. The van der Waals surface area contributed by atoms with Gasteiger partial charge in [-0.1, -0.05) is 0 Å². The minimum atomic E-state index is -0.614. The summed E-state index contributed by atoms with van der Waals surface area (Å²) >= 11 is 0. The summed E-state index contributed by atoms with van der Waals surface area (Å²) in [6, 6.07) is 1.75. The number of nitrogens with two attached hydrogens (primary N) is 1. The number of aromatic nitrogens is 1. The normalized spacial score (nSPS) is 19.5. The molecule has 0 bridgehead atoms. The molecular formula is C9H13N3O. The van der Waals surface area contributed by atoms with E-state index in [0.29, 0.717) is 25.2 Å². The minimum absolute atomic E-state index is 0.583. The van der Waals surface area contributed by atoms with Crippen molar-refractivity contribution in [1.82, 2.24) is 10.3 Å².